The topological polar surface area (TPSA) is 37.8 Å². The van der Waals surface area contributed by atoms with E-state index in [-0.39, 0.29) is 6.04 Å². The second-order valence-electron chi connectivity index (χ2n) is 4.22. The Labute approximate surface area is 126 Å². The number of rotatable bonds is 5. The maximum Gasteiger partial charge on any atom is 0.0622 e. The van der Waals surface area contributed by atoms with Crippen LogP contribution in [0.25, 0.3) is 0 Å². The average Bonchev–Trinajstić information content (AvgIpc) is 2.40. The van der Waals surface area contributed by atoms with Gasteiger partial charge in [0.25, 0.3) is 0 Å². The summed E-state index contributed by atoms with van der Waals surface area (Å²) in [5.74, 6) is 0. The van der Waals surface area contributed by atoms with Gasteiger partial charge in [-0.25, -0.2) is 0 Å². The number of hydrogen-bond donors (Lipinski definition) is 1. The van der Waals surface area contributed by atoms with E-state index in [2.05, 4.69) is 44.2 Å². The second kappa shape index (κ2) is 6.98. The summed E-state index contributed by atoms with van der Waals surface area (Å²) in [6, 6.07) is 4.22. The van der Waals surface area contributed by atoms with Crippen molar-refractivity contribution < 1.29 is 0 Å². The van der Waals surface area contributed by atoms with E-state index in [9.17, 15) is 0 Å². The predicted molar refractivity (Wildman–Crippen MR) is 81.3 cm³/mol. The van der Waals surface area contributed by atoms with E-state index < -0.39 is 0 Å². The highest BCUT2D eigenvalue weighted by Crippen LogP contribution is 2.24. The van der Waals surface area contributed by atoms with Crippen LogP contribution in [-0.2, 0) is 6.42 Å². The summed E-state index contributed by atoms with van der Waals surface area (Å²) in [6.45, 7) is 2.98. The zero-order valence-electron chi connectivity index (χ0n) is 10.6. The Bertz CT molecular complexity index is 548. The lowest BCUT2D eigenvalue weighted by molar-refractivity contribution is 0.548. The van der Waals surface area contributed by atoms with Gasteiger partial charge in [0, 0.05) is 35.3 Å². The molecule has 2 heterocycles. The van der Waals surface area contributed by atoms with Crippen LogP contribution >= 0.6 is 27.5 Å². The van der Waals surface area contributed by atoms with E-state index in [1.165, 1.54) is 0 Å². The highest BCUT2D eigenvalue weighted by atomic mass is 79.9. The van der Waals surface area contributed by atoms with E-state index >= 15 is 0 Å². The third kappa shape index (κ3) is 4.00. The lowest BCUT2D eigenvalue weighted by atomic mass is 10.0. The van der Waals surface area contributed by atoms with Gasteiger partial charge in [-0.3, -0.25) is 9.97 Å². The van der Waals surface area contributed by atoms with Crippen LogP contribution in [0.15, 0.2) is 41.4 Å². The predicted octanol–water partition coefficient (Wildman–Crippen LogP) is 3.79. The van der Waals surface area contributed by atoms with Crippen LogP contribution in [0.1, 0.15) is 24.1 Å². The summed E-state index contributed by atoms with van der Waals surface area (Å²) in [7, 11) is 0. The third-order valence-corrected chi connectivity index (χ3v) is 3.63. The molecule has 0 aliphatic carbocycles. The molecule has 2 aromatic heterocycles. The van der Waals surface area contributed by atoms with Gasteiger partial charge in [0.1, 0.15) is 0 Å². The van der Waals surface area contributed by atoms with Crippen LogP contribution in [0.3, 0.4) is 0 Å². The van der Waals surface area contributed by atoms with Gasteiger partial charge in [0.05, 0.1) is 5.02 Å². The molecule has 0 amide bonds. The molecule has 1 atom stereocenters. The minimum atomic E-state index is 0.190. The summed E-state index contributed by atoms with van der Waals surface area (Å²) >= 11 is 9.63. The summed E-state index contributed by atoms with van der Waals surface area (Å²) in [5.41, 5.74) is 2.23. The highest BCUT2D eigenvalue weighted by molar-refractivity contribution is 9.10. The first-order valence-corrected chi connectivity index (χ1v) is 7.30. The quantitative estimate of drug-likeness (QED) is 0.900. The third-order valence-electron chi connectivity index (χ3n) is 2.86. The van der Waals surface area contributed by atoms with Gasteiger partial charge in [-0.15, -0.1) is 0 Å². The lowest BCUT2D eigenvalue weighted by Gasteiger charge is -2.19. The largest absolute Gasteiger partial charge is 0.310 e. The van der Waals surface area contributed by atoms with Gasteiger partial charge < -0.3 is 5.32 Å². The average molecular weight is 341 g/mol. The van der Waals surface area contributed by atoms with Crippen molar-refractivity contribution in [3.8, 4) is 0 Å². The molecule has 2 rings (SSSR count). The highest BCUT2D eigenvalue weighted by Gasteiger charge is 2.13. The molecule has 0 saturated carbocycles. The zero-order valence-corrected chi connectivity index (χ0v) is 12.9. The molecule has 0 aliphatic heterocycles. The maximum absolute atomic E-state index is 6.17. The number of likely N-dealkylation sites (N-methyl/N-ethyl adjacent to an activating group) is 1. The molecule has 0 fully saturated rings. The van der Waals surface area contributed by atoms with Crippen molar-refractivity contribution >= 4 is 27.5 Å². The van der Waals surface area contributed by atoms with Crippen molar-refractivity contribution in [2.45, 2.75) is 19.4 Å². The molecular formula is C14H15BrClN3. The lowest BCUT2D eigenvalue weighted by Crippen LogP contribution is -2.23. The minimum absolute atomic E-state index is 0.190. The molecule has 3 nitrogen and oxygen atoms in total. The fourth-order valence-corrected chi connectivity index (χ4v) is 2.54. The van der Waals surface area contributed by atoms with Crippen molar-refractivity contribution in [3.05, 3.63) is 57.5 Å². The molecule has 100 valence electrons. The SMILES string of the molecule is CCNC(Cc1ccncc1Cl)c1cncc(Br)c1. The fourth-order valence-electron chi connectivity index (χ4n) is 1.96. The van der Waals surface area contributed by atoms with Gasteiger partial charge in [-0.05, 0) is 52.2 Å². The summed E-state index contributed by atoms with van der Waals surface area (Å²) in [6.07, 6.45) is 7.93. The molecule has 0 aliphatic rings. The van der Waals surface area contributed by atoms with E-state index in [0.717, 1.165) is 28.6 Å². The number of nitrogens with zero attached hydrogens (tertiary/aromatic N) is 2. The Kier molecular flexibility index (Phi) is 5.31. The Balaban J connectivity index is 2.24. The van der Waals surface area contributed by atoms with Crippen LogP contribution in [0.4, 0.5) is 0 Å². The number of pyridine rings is 2. The Hall–Kier alpha value is -0.970. The van der Waals surface area contributed by atoms with Gasteiger partial charge in [-0.1, -0.05) is 18.5 Å². The van der Waals surface area contributed by atoms with Gasteiger partial charge in [-0.2, -0.15) is 0 Å². The van der Waals surface area contributed by atoms with Crippen molar-refractivity contribution in [3.63, 3.8) is 0 Å². The first-order valence-electron chi connectivity index (χ1n) is 6.13. The van der Waals surface area contributed by atoms with Gasteiger partial charge in [0.15, 0.2) is 0 Å². The first kappa shape index (κ1) is 14.4. The van der Waals surface area contributed by atoms with Crippen molar-refractivity contribution in [2.24, 2.45) is 0 Å². The van der Waals surface area contributed by atoms with Crippen molar-refractivity contribution in [2.75, 3.05) is 6.54 Å². The standard InChI is InChI=1S/C14H15BrClN3/c1-2-19-14(11-5-12(15)8-18-7-11)6-10-3-4-17-9-13(10)16/h3-5,7-9,14,19H,2,6H2,1H3. The molecule has 0 radical (unpaired) electrons. The maximum atomic E-state index is 6.17. The smallest absolute Gasteiger partial charge is 0.0622 e. The molecule has 1 N–H and O–H groups in total. The molecule has 0 spiro atoms. The van der Waals surface area contributed by atoms with Crippen molar-refractivity contribution in [1.29, 1.82) is 0 Å². The van der Waals surface area contributed by atoms with Gasteiger partial charge in [0.2, 0.25) is 0 Å². The monoisotopic (exact) mass is 339 g/mol. The normalized spacial score (nSPS) is 12.4. The van der Waals surface area contributed by atoms with Crippen LogP contribution < -0.4 is 5.32 Å². The molecule has 2 aromatic rings. The van der Waals surface area contributed by atoms with Gasteiger partial charge >= 0.3 is 0 Å². The van der Waals surface area contributed by atoms with Crippen molar-refractivity contribution in [1.82, 2.24) is 15.3 Å². The fraction of sp³-hybridized carbons (Fsp3) is 0.286. The molecule has 1 unspecified atom stereocenters. The Morgan fingerprint density at radius 2 is 2.16 bits per heavy atom. The van der Waals surface area contributed by atoms with E-state index in [0.29, 0.717) is 5.02 Å². The molecular weight excluding hydrogens is 326 g/mol. The molecule has 0 bridgehead atoms. The minimum Gasteiger partial charge on any atom is -0.310 e. The second-order valence-corrected chi connectivity index (χ2v) is 5.54. The first-order chi connectivity index (χ1) is 9.20. The Morgan fingerprint density at radius 1 is 1.32 bits per heavy atom. The summed E-state index contributed by atoms with van der Waals surface area (Å²) < 4.78 is 0.980. The summed E-state index contributed by atoms with van der Waals surface area (Å²) in [5, 5.41) is 4.16. The summed E-state index contributed by atoms with van der Waals surface area (Å²) in [4.78, 5) is 8.23. The van der Waals surface area contributed by atoms with E-state index in [1.807, 2.05) is 12.3 Å². The molecule has 19 heavy (non-hydrogen) atoms. The number of halogens is 2. The van der Waals surface area contributed by atoms with Crippen LogP contribution in [-0.4, -0.2) is 16.5 Å². The van der Waals surface area contributed by atoms with E-state index in [1.54, 1.807) is 18.6 Å². The van der Waals surface area contributed by atoms with E-state index in [4.69, 9.17) is 11.6 Å². The number of nitrogens with one attached hydrogen (secondary N) is 1. The zero-order chi connectivity index (χ0) is 13.7. The Morgan fingerprint density at radius 3 is 2.84 bits per heavy atom. The number of aromatic nitrogens is 2. The number of hydrogen-bond acceptors (Lipinski definition) is 3. The molecule has 0 aromatic carbocycles. The molecule has 5 heteroatoms. The van der Waals surface area contributed by atoms with Crippen LogP contribution in [0.5, 0.6) is 0 Å². The molecule has 0 saturated heterocycles. The van der Waals surface area contributed by atoms with Crippen LogP contribution in [0.2, 0.25) is 5.02 Å². The van der Waals surface area contributed by atoms with Crippen LogP contribution in [0, 0.1) is 0 Å².